The van der Waals surface area contributed by atoms with Crippen molar-refractivity contribution in [2.45, 2.75) is 31.5 Å². The standard InChI is InChI=1S/C18H13F4N3O4/c19-11-3-9(4-12(20)17(11)28-18(21)22)8-1-10(2-8)27-16-7-23-13(6-24-16)14-5-15(26)25-29-14/h3-8,10,18H,1-2H2,(H,25,26)/t8-,10+. The van der Waals surface area contributed by atoms with Crippen LogP contribution in [0.5, 0.6) is 17.5 Å². The molecule has 1 N–H and O–H groups in total. The number of rotatable bonds is 6. The van der Waals surface area contributed by atoms with Crippen molar-refractivity contribution in [3.8, 4) is 29.0 Å². The van der Waals surface area contributed by atoms with E-state index in [-0.39, 0.29) is 29.5 Å². The number of nitrogens with zero attached hydrogens (tertiary/aromatic N) is 3. The van der Waals surface area contributed by atoms with Crippen LogP contribution < -0.4 is 9.47 Å². The first-order valence-corrected chi connectivity index (χ1v) is 8.47. The Hall–Kier alpha value is -3.37. The van der Waals surface area contributed by atoms with Crippen molar-refractivity contribution in [2.24, 2.45) is 0 Å². The van der Waals surface area contributed by atoms with E-state index in [2.05, 4.69) is 19.9 Å². The zero-order valence-corrected chi connectivity index (χ0v) is 14.6. The molecule has 2 aromatic heterocycles. The van der Waals surface area contributed by atoms with Gasteiger partial charge in [0.05, 0.1) is 18.5 Å². The van der Waals surface area contributed by atoms with E-state index < -0.39 is 24.0 Å². The fraction of sp³-hybridized carbons (Fsp3) is 0.278. The lowest BCUT2D eigenvalue weighted by molar-refractivity contribution is -0.0547. The largest absolute Gasteiger partial charge is 0.491 e. The molecule has 1 saturated carbocycles. The molecule has 1 aliphatic rings. The van der Waals surface area contributed by atoms with Crippen LogP contribution in [0.1, 0.15) is 24.3 Å². The molecule has 1 aromatic carbocycles. The molecular formula is C18H13F4N3O4. The van der Waals surface area contributed by atoms with E-state index in [0.717, 1.165) is 12.1 Å². The number of alkyl halides is 2. The molecule has 0 radical (unpaired) electrons. The van der Waals surface area contributed by atoms with Crippen molar-refractivity contribution in [1.82, 2.24) is 15.1 Å². The second kappa shape index (κ2) is 7.57. The highest BCUT2D eigenvalue weighted by molar-refractivity contribution is 5.51. The van der Waals surface area contributed by atoms with Crippen LogP contribution in [0, 0.1) is 11.6 Å². The minimum Gasteiger partial charge on any atom is -0.491 e. The van der Waals surface area contributed by atoms with Crippen molar-refractivity contribution in [2.75, 3.05) is 0 Å². The van der Waals surface area contributed by atoms with E-state index in [1.54, 1.807) is 0 Å². The molecule has 1 aliphatic carbocycles. The Morgan fingerprint density at radius 1 is 1.07 bits per heavy atom. The Bertz CT molecular complexity index is 984. The highest BCUT2D eigenvalue weighted by atomic mass is 19.3. The van der Waals surface area contributed by atoms with Gasteiger partial charge in [-0.1, -0.05) is 0 Å². The summed E-state index contributed by atoms with van der Waals surface area (Å²) < 4.78 is 66.4. The lowest BCUT2D eigenvalue weighted by atomic mass is 9.77. The molecule has 29 heavy (non-hydrogen) atoms. The average molecular weight is 411 g/mol. The lowest BCUT2D eigenvalue weighted by Crippen LogP contribution is -2.32. The number of halogens is 4. The third kappa shape index (κ3) is 4.08. The van der Waals surface area contributed by atoms with Gasteiger partial charge in [-0.2, -0.15) is 8.78 Å². The van der Waals surface area contributed by atoms with E-state index in [1.807, 2.05) is 0 Å². The number of hydrogen-bond acceptors (Lipinski definition) is 7. The third-order valence-electron chi connectivity index (χ3n) is 4.46. The molecule has 0 bridgehead atoms. The quantitative estimate of drug-likeness (QED) is 0.612. The summed E-state index contributed by atoms with van der Waals surface area (Å²) in [4.78, 5) is 8.19. The maximum absolute atomic E-state index is 13.8. The Balaban J connectivity index is 1.35. The summed E-state index contributed by atoms with van der Waals surface area (Å²) in [7, 11) is 0. The summed E-state index contributed by atoms with van der Waals surface area (Å²) in [6, 6.07) is 3.27. The lowest BCUT2D eigenvalue weighted by Gasteiger charge is -2.35. The maximum Gasteiger partial charge on any atom is 0.387 e. The van der Waals surface area contributed by atoms with E-state index >= 15 is 0 Å². The van der Waals surface area contributed by atoms with Crippen LogP contribution >= 0.6 is 0 Å². The van der Waals surface area contributed by atoms with Crippen molar-refractivity contribution < 1.29 is 36.7 Å². The topological polar surface area (TPSA) is 90.5 Å². The average Bonchev–Trinajstić information content (AvgIpc) is 3.07. The summed E-state index contributed by atoms with van der Waals surface area (Å²) in [5, 5.41) is 12.5. The predicted octanol–water partition coefficient (Wildman–Crippen LogP) is 4.04. The molecular weight excluding hydrogens is 398 g/mol. The van der Waals surface area contributed by atoms with Crippen LogP contribution in [-0.2, 0) is 0 Å². The van der Waals surface area contributed by atoms with Crippen molar-refractivity contribution in [3.63, 3.8) is 0 Å². The van der Waals surface area contributed by atoms with E-state index in [4.69, 9.17) is 14.4 Å². The van der Waals surface area contributed by atoms with Crippen LogP contribution in [0.25, 0.3) is 11.5 Å². The predicted molar refractivity (Wildman–Crippen MR) is 88.6 cm³/mol. The molecule has 0 amide bonds. The molecule has 152 valence electrons. The van der Waals surface area contributed by atoms with Crippen LogP contribution in [0.2, 0.25) is 0 Å². The summed E-state index contributed by atoms with van der Waals surface area (Å²) in [6.45, 7) is -3.31. The van der Waals surface area contributed by atoms with Gasteiger partial charge in [0.25, 0.3) is 5.88 Å². The Kier molecular flexibility index (Phi) is 4.95. The fourth-order valence-corrected chi connectivity index (χ4v) is 3.01. The summed E-state index contributed by atoms with van der Waals surface area (Å²) >= 11 is 0. The highest BCUT2D eigenvalue weighted by Crippen LogP contribution is 2.41. The zero-order chi connectivity index (χ0) is 20.5. The Morgan fingerprint density at radius 3 is 2.34 bits per heavy atom. The number of aromatic hydroxyl groups is 1. The molecule has 0 spiro atoms. The number of ether oxygens (including phenoxy) is 2. The Morgan fingerprint density at radius 2 is 1.79 bits per heavy atom. The van der Waals surface area contributed by atoms with Crippen molar-refractivity contribution in [3.05, 3.63) is 47.8 Å². The molecule has 2 heterocycles. The van der Waals surface area contributed by atoms with Crippen LogP contribution in [0.15, 0.2) is 35.1 Å². The monoisotopic (exact) mass is 411 g/mol. The molecule has 0 atom stereocenters. The van der Waals surface area contributed by atoms with Gasteiger partial charge in [0.15, 0.2) is 23.1 Å². The van der Waals surface area contributed by atoms with Crippen molar-refractivity contribution in [1.29, 1.82) is 0 Å². The fourth-order valence-electron chi connectivity index (χ4n) is 3.01. The number of hydrogen-bond donors (Lipinski definition) is 1. The third-order valence-corrected chi connectivity index (χ3v) is 4.46. The van der Waals surface area contributed by atoms with Crippen molar-refractivity contribution >= 4 is 0 Å². The molecule has 7 nitrogen and oxygen atoms in total. The molecule has 4 rings (SSSR count). The summed E-state index contributed by atoms with van der Waals surface area (Å²) in [6.07, 6.45) is 3.45. The first-order chi connectivity index (χ1) is 13.9. The van der Waals surface area contributed by atoms with E-state index in [0.29, 0.717) is 24.1 Å². The van der Waals surface area contributed by atoms with E-state index in [1.165, 1.54) is 18.5 Å². The zero-order valence-electron chi connectivity index (χ0n) is 14.6. The second-order valence-electron chi connectivity index (χ2n) is 6.39. The summed E-state index contributed by atoms with van der Waals surface area (Å²) in [5.74, 6) is -3.41. The van der Waals surface area contributed by atoms with Crippen LogP contribution in [-0.4, -0.2) is 32.9 Å². The molecule has 0 unspecified atom stereocenters. The molecule has 1 fully saturated rings. The van der Waals surface area contributed by atoms with Gasteiger partial charge in [-0.05, 0) is 41.6 Å². The van der Waals surface area contributed by atoms with Gasteiger partial charge < -0.3 is 19.1 Å². The molecule has 3 aromatic rings. The molecule has 11 heteroatoms. The first-order valence-electron chi connectivity index (χ1n) is 8.47. The first kappa shape index (κ1) is 19.0. The Labute approximate surface area is 160 Å². The van der Waals surface area contributed by atoms with Gasteiger partial charge in [0.2, 0.25) is 5.88 Å². The van der Waals surface area contributed by atoms with E-state index in [9.17, 15) is 17.6 Å². The summed E-state index contributed by atoms with van der Waals surface area (Å²) in [5.41, 5.74) is 0.696. The van der Waals surface area contributed by atoms with Gasteiger partial charge >= 0.3 is 6.61 Å². The van der Waals surface area contributed by atoms with Gasteiger partial charge in [0.1, 0.15) is 11.8 Å². The second-order valence-corrected chi connectivity index (χ2v) is 6.39. The van der Waals surface area contributed by atoms with Gasteiger partial charge in [0, 0.05) is 0 Å². The highest BCUT2D eigenvalue weighted by Gasteiger charge is 2.34. The SMILES string of the molecule is Oc1cc(-c2cnc(O[C@H]3C[C@@H](c4cc(F)c(OC(F)F)c(F)c4)C3)cn2)on1. The number of benzene rings is 1. The maximum atomic E-state index is 13.8. The van der Waals surface area contributed by atoms with Crippen LogP contribution in [0.3, 0.4) is 0 Å². The van der Waals surface area contributed by atoms with Crippen LogP contribution in [0.4, 0.5) is 17.6 Å². The smallest absolute Gasteiger partial charge is 0.387 e. The van der Waals surface area contributed by atoms with Gasteiger partial charge in [-0.15, -0.1) is 0 Å². The number of aromatic nitrogens is 3. The molecule has 0 aliphatic heterocycles. The molecule has 0 saturated heterocycles. The minimum absolute atomic E-state index is 0.186. The van der Waals surface area contributed by atoms with Gasteiger partial charge in [-0.25, -0.2) is 18.7 Å². The normalized spacial score (nSPS) is 18.5. The minimum atomic E-state index is -3.31. The van der Waals surface area contributed by atoms with Gasteiger partial charge in [-0.3, -0.25) is 0 Å².